The summed E-state index contributed by atoms with van der Waals surface area (Å²) in [6, 6.07) is 10.1. The molecule has 5 nitrogen and oxygen atoms in total. The number of hydrogen-bond donors (Lipinski definition) is 1. The molecule has 0 fully saturated rings. The van der Waals surface area contributed by atoms with Gasteiger partial charge in [0.15, 0.2) is 11.5 Å². The lowest BCUT2D eigenvalue weighted by atomic mass is 10.1. The quantitative estimate of drug-likeness (QED) is 0.915. The second kappa shape index (κ2) is 5.39. The van der Waals surface area contributed by atoms with Crippen LogP contribution in [0.1, 0.15) is 10.4 Å². The highest BCUT2D eigenvalue weighted by Crippen LogP contribution is 2.30. The fraction of sp³-hybridized carbons (Fsp3) is 0.143. The zero-order valence-electron chi connectivity index (χ0n) is 10.7. The van der Waals surface area contributed by atoms with Gasteiger partial charge < -0.3 is 9.84 Å². The summed E-state index contributed by atoms with van der Waals surface area (Å²) in [7, 11) is 3.04. The molecule has 1 N–H and O–H groups in total. The van der Waals surface area contributed by atoms with Crippen molar-refractivity contribution in [3.63, 3.8) is 0 Å². The number of ether oxygens (including phenoxy) is 1. The number of anilines is 1. The van der Waals surface area contributed by atoms with Gasteiger partial charge in [-0.1, -0.05) is 12.1 Å². The number of para-hydroxylation sites is 1. The van der Waals surface area contributed by atoms with Crippen LogP contribution in [0.2, 0.25) is 0 Å². The molecule has 0 saturated heterocycles. The standard InChI is InChI=1S/C14H14N2O3/c1-16(12-8-3-4-9-15-12)14(18)10-6-5-7-11(19-2)13(10)17/h3-9,17H,1-2H3. The van der Waals surface area contributed by atoms with Crippen LogP contribution < -0.4 is 9.64 Å². The molecule has 1 aromatic carbocycles. The Morgan fingerprint density at radius 2 is 2.05 bits per heavy atom. The van der Waals surface area contributed by atoms with E-state index in [4.69, 9.17) is 4.74 Å². The van der Waals surface area contributed by atoms with E-state index in [1.807, 2.05) is 0 Å². The molecule has 0 saturated carbocycles. The first-order valence-electron chi connectivity index (χ1n) is 5.70. The van der Waals surface area contributed by atoms with E-state index in [0.717, 1.165) is 0 Å². The summed E-state index contributed by atoms with van der Waals surface area (Å²) in [4.78, 5) is 17.8. The summed E-state index contributed by atoms with van der Waals surface area (Å²) in [6.45, 7) is 0. The highest BCUT2D eigenvalue weighted by molar-refractivity contribution is 6.07. The predicted octanol–water partition coefficient (Wildman–Crippen LogP) is 2.07. The van der Waals surface area contributed by atoms with Crippen molar-refractivity contribution in [1.82, 2.24) is 4.98 Å². The van der Waals surface area contributed by atoms with E-state index in [1.54, 1.807) is 49.6 Å². The van der Waals surface area contributed by atoms with Crippen molar-refractivity contribution < 1.29 is 14.6 Å². The fourth-order valence-electron chi connectivity index (χ4n) is 1.70. The molecule has 0 atom stereocenters. The summed E-state index contributed by atoms with van der Waals surface area (Å²) < 4.78 is 4.98. The lowest BCUT2D eigenvalue weighted by Crippen LogP contribution is -2.27. The highest BCUT2D eigenvalue weighted by Gasteiger charge is 2.19. The lowest BCUT2D eigenvalue weighted by molar-refractivity contribution is 0.0989. The Morgan fingerprint density at radius 3 is 2.68 bits per heavy atom. The molecule has 19 heavy (non-hydrogen) atoms. The van der Waals surface area contributed by atoms with Crippen LogP contribution in [-0.2, 0) is 0 Å². The van der Waals surface area contributed by atoms with Crippen molar-refractivity contribution in [3.05, 3.63) is 48.2 Å². The van der Waals surface area contributed by atoms with E-state index in [0.29, 0.717) is 5.82 Å². The molecule has 5 heteroatoms. The van der Waals surface area contributed by atoms with Gasteiger partial charge in [-0.25, -0.2) is 4.98 Å². The number of aromatic nitrogens is 1. The zero-order chi connectivity index (χ0) is 13.8. The Bertz CT molecular complexity index is 584. The van der Waals surface area contributed by atoms with Crippen molar-refractivity contribution in [3.8, 4) is 11.5 Å². The molecule has 1 amide bonds. The van der Waals surface area contributed by atoms with Gasteiger partial charge in [-0.05, 0) is 24.3 Å². The lowest BCUT2D eigenvalue weighted by Gasteiger charge is -2.17. The zero-order valence-corrected chi connectivity index (χ0v) is 10.7. The minimum atomic E-state index is -0.352. The van der Waals surface area contributed by atoms with Crippen molar-refractivity contribution in [2.45, 2.75) is 0 Å². The first kappa shape index (κ1) is 12.9. The molecule has 0 aliphatic carbocycles. The number of aromatic hydroxyl groups is 1. The van der Waals surface area contributed by atoms with Gasteiger partial charge in [0.2, 0.25) is 0 Å². The third-order valence-electron chi connectivity index (χ3n) is 2.75. The molecule has 0 bridgehead atoms. The Kier molecular flexibility index (Phi) is 3.66. The van der Waals surface area contributed by atoms with Crippen LogP contribution in [0.15, 0.2) is 42.6 Å². The number of hydrogen-bond acceptors (Lipinski definition) is 4. The highest BCUT2D eigenvalue weighted by atomic mass is 16.5. The van der Waals surface area contributed by atoms with Crippen LogP contribution in [0.3, 0.4) is 0 Å². The maximum atomic E-state index is 12.3. The van der Waals surface area contributed by atoms with Crippen molar-refractivity contribution in [2.75, 3.05) is 19.1 Å². The minimum absolute atomic E-state index is 0.169. The molecule has 0 radical (unpaired) electrons. The summed E-state index contributed by atoms with van der Waals surface area (Å²) in [5.41, 5.74) is 0.174. The van der Waals surface area contributed by atoms with E-state index in [9.17, 15) is 9.90 Å². The molecule has 2 aromatic rings. The van der Waals surface area contributed by atoms with Gasteiger partial charge in [-0.15, -0.1) is 0 Å². The molecular weight excluding hydrogens is 244 g/mol. The predicted molar refractivity (Wildman–Crippen MR) is 71.6 cm³/mol. The molecular formula is C14H14N2O3. The molecule has 2 rings (SSSR count). The van der Waals surface area contributed by atoms with Crippen LogP contribution in [-0.4, -0.2) is 30.2 Å². The van der Waals surface area contributed by atoms with E-state index in [-0.39, 0.29) is 23.0 Å². The number of rotatable bonds is 3. The normalized spacial score (nSPS) is 10.0. The Balaban J connectivity index is 2.35. The summed E-state index contributed by atoms with van der Waals surface area (Å²) in [6.07, 6.45) is 1.60. The third kappa shape index (κ3) is 2.49. The Hall–Kier alpha value is -2.56. The second-order valence-electron chi connectivity index (χ2n) is 3.91. The summed E-state index contributed by atoms with van der Waals surface area (Å²) in [5.74, 6) is 0.253. The van der Waals surface area contributed by atoms with Crippen molar-refractivity contribution in [1.29, 1.82) is 0 Å². The van der Waals surface area contributed by atoms with Gasteiger partial charge in [0.05, 0.1) is 12.7 Å². The number of nitrogens with zero attached hydrogens (tertiary/aromatic N) is 2. The maximum Gasteiger partial charge on any atom is 0.263 e. The number of carbonyl (C=O) groups excluding carboxylic acids is 1. The maximum absolute atomic E-state index is 12.3. The van der Waals surface area contributed by atoms with Crippen LogP contribution >= 0.6 is 0 Å². The molecule has 0 unspecified atom stereocenters. The van der Waals surface area contributed by atoms with Crippen LogP contribution in [0.25, 0.3) is 0 Å². The average Bonchev–Trinajstić information content (AvgIpc) is 2.47. The number of carbonyl (C=O) groups is 1. The number of phenolic OH excluding ortho intramolecular Hbond substituents is 1. The van der Waals surface area contributed by atoms with Gasteiger partial charge in [0.25, 0.3) is 5.91 Å². The Morgan fingerprint density at radius 1 is 1.26 bits per heavy atom. The van der Waals surface area contributed by atoms with Crippen LogP contribution in [0.5, 0.6) is 11.5 Å². The molecule has 1 heterocycles. The average molecular weight is 258 g/mol. The Labute approximate surface area is 111 Å². The topological polar surface area (TPSA) is 62.7 Å². The molecule has 0 aliphatic rings. The molecule has 0 aliphatic heterocycles. The summed E-state index contributed by atoms with van der Waals surface area (Å²) >= 11 is 0. The van der Waals surface area contributed by atoms with Crippen LogP contribution in [0.4, 0.5) is 5.82 Å². The van der Waals surface area contributed by atoms with E-state index in [1.165, 1.54) is 12.0 Å². The monoisotopic (exact) mass is 258 g/mol. The van der Waals surface area contributed by atoms with Crippen molar-refractivity contribution in [2.24, 2.45) is 0 Å². The molecule has 0 spiro atoms. The van der Waals surface area contributed by atoms with Crippen molar-refractivity contribution >= 4 is 11.7 Å². The fourth-order valence-corrected chi connectivity index (χ4v) is 1.70. The van der Waals surface area contributed by atoms with Gasteiger partial charge in [0.1, 0.15) is 5.82 Å². The van der Waals surface area contributed by atoms with E-state index in [2.05, 4.69) is 4.98 Å². The number of methoxy groups -OCH3 is 1. The van der Waals surface area contributed by atoms with Crippen LogP contribution in [0, 0.1) is 0 Å². The molecule has 98 valence electrons. The number of benzene rings is 1. The van der Waals surface area contributed by atoms with Gasteiger partial charge >= 0.3 is 0 Å². The SMILES string of the molecule is COc1cccc(C(=O)N(C)c2ccccn2)c1O. The van der Waals surface area contributed by atoms with Gasteiger partial charge in [-0.2, -0.15) is 0 Å². The first-order chi connectivity index (χ1) is 9.15. The minimum Gasteiger partial charge on any atom is -0.504 e. The number of pyridine rings is 1. The summed E-state index contributed by atoms with van der Waals surface area (Å²) in [5, 5.41) is 9.96. The smallest absolute Gasteiger partial charge is 0.263 e. The third-order valence-corrected chi connectivity index (χ3v) is 2.75. The largest absolute Gasteiger partial charge is 0.504 e. The second-order valence-corrected chi connectivity index (χ2v) is 3.91. The number of phenols is 1. The van der Waals surface area contributed by atoms with Gasteiger partial charge in [-0.3, -0.25) is 9.69 Å². The van der Waals surface area contributed by atoms with E-state index < -0.39 is 0 Å². The van der Waals surface area contributed by atoms with E-state index >= 15 is 0 Å². The molecule has 1 aromatic heterocycles. The van der Waals surface area contributed by atoms with Gasteiger partial charge in [0, 0.05) is 13.2 Å². The first-order valence-corrected chi connectivity index (χ1v) is 5.70. The number of amides is 1.